The number of pyridine rings is 1. The molecule has 0 aromatic carbocycles. The highest BCUT2D eigenvalue weighted by atomic mass is 19.1. The summed E-state index contributed by atoms with van der Waals surface area (Å²) in [6, 6.07) is 3.41. The van der Waals surface area contributed by atoms with Crippen LogP contribution in [0.25, 0.3) is 0 Å². The lowest BCUT2D eigenvalue weighted by molar-refractivity contribution is 0.121. The molecule has 1 heterocycles. The van der Waals surface area contributed by atoms with Crippen molar-refractivity contribution in [1.29, 1.82) is 0 Å². The van der Waals surface area contributed by atoms with Gasteiger partial charge in [-0.15, -0.1) is 0 Å². The Kier molecular flexibility index (Phi) is 5.73. The third-order valence-electron chi connectivity index (χ3n) is 3.42. The van der Waals surface area contributed by atoms with Gasteiger partial charge in [-0.25, -0.2) is 4.39 Å². The second-order valence-electron chi connectivity index (χ2n) is 5.19. The zero-order valence-electron chi connectivity index (χ0n) is 11.6. The third kappa shape index (κ3) is 5.25. The minimum Gasteiger partial charge on any atom is -0.381 e. The molecular weight excluding hydrogens is 243 g/mol. The number of hydrogen-bond donors (Lipinski definition) is 1. The molecule has 1 atom stereocenters. The summed E-state index contributed by atoms with van der Waals surface area (Å²) in [5.74, 6) is 0.548. The van der Waals surface area contributed by atoms with Gasteiger partial charge in [-0.3, -0.25) is 4.98 Å². The normalized spacial score (nSPS) is 16.5. The van der Waals surface area contributed by atoms with Gasteiger partial charge in [-0.05, 0) is 50.3 Å². The molecule has 4 heteroatoms. The van der Waals surface area contributed by atoms with Gasteiger partial charge in [-0.1, -0.05) is 6.92 Å². The number of hydrogen-bond acceptors (Lipinski definition) is 3. The minimum absolute atomic E-state index is 0.198. The maximum Gasteiger partial charge on any atom is 0.141 e. The second-order valence-corrected chi connectivity index (χ2v) is 5.19. The average molecular weight is 266 g/mol. The van der Waals surface area contributed by atoms with E-state index in [9.17, 15) is 4.39 Å². The fourth-order valence-corrected chi connectivity index (χ4v) is 2.04. The summed E-state index contributed by atoms with van der Waals surface area (Å²) in [4.78, 5) is 4.13. The van der Waals surface area contributed by atoms with Crippen molar-refractivity contribution < 1.29 is 9.13 Å². The number of nitrogens with one attached hydrogen (secondary N) is 1. The fourth-order valence-electron chi connectivity index (χ4n) is 2.04. The monoisotopic (exact) mass is 266 g/mol. The van der Waals surface area contributed by atoms with Crippen molar-refractivity contribution in [2.24, 2.45) is 5.92 Å². The molecule has 1 unspecified atom stereocenters. The molecule has 2 rings (SSSR count). The van der Waals surface area contributed by atoms with Crippen LogP contribution in [0.3, 0.4) is 0 Å². The van der Waals surface area contributed by atoms with E-state index < -0.39 is 0 Å². The van der Waals surface area contributed by atoms with Gasteiger partial charge in [0, 0.05) is 19.3 Å². The van der Waals surface area contributed by atoms with Gasteiger partial charge >= 0.3 is 0 Å². The molecule has 1 aromatic rings. The topological polar surface area (TPSA) is 34.1 Å². The maximum atomic E-state index is 12.8. The van der Waals surface area contributed by atoms with Crippen LogP contribution in [0.2, 0.25) is 0 Å². The van der Waals surface area contributed by atoms with Crippen LogP contribution in [0.5, 0.6) is 0 Å². The number of halogens is 1. The van der Waals surface area contributed by atoms with Crippen LogP contribution in [0.1, 0.15) is 44.3 Å². The molecule has 106 valence electrons. The molecule has 1 fully saturated rings. The molecule has 1 aliphatic rings. The quantitative estimate of drug-likeness (QED) is 0.697. The van der Waals surface area contributed by atoms with E-state index in [0.29, 0.717) is 0 Å². The molecule has 0 saturated heterocycles. The van der Waals surface area contributed by atoms with E-state index in [0.717, 1.165) is 44.2 Å². The highest BCUT2D eigenvalue weighted by Gasteiger charge is 2.20. The smallest absolute Gasteiger partial charge is 0.141 e. The second kappa shape index (κ2) is 7.56. The summed E-state index contributed by atoms with van der Waals surface area (Å²) in [5.41, 5.74) is 0.905. The molecule has 0 radical (unpaired) electrons. The van der Waals surface area contributed by atoms with E-state index in [2.05, 4.69) is 17.2 Å². The molecule has 1 saturated carbocycles. The van der Waals surface area contributed by atoms with Gasteiger partial charge in [0.1, 0.15) is 5.82 Å². The Bertz CT molecular complexity index is 365. The molecule has 0 aliphatic heterocycles. The molecule has 0 amide bonds. The van der Waals surface area contributed by atoms with Crippen molar-refractivity contribution in [3.63, 3.8) is 0 Å². The Morgan fingerprint density at radius 1 is 1.47 bits per heavy atom. The largest absolute Gasteiger partial charge is 0.381 e. The maximum absolute atomic E-state index is 12.8. The van der Waals surface area contributed by atoms with Crippen LogP contribution >= 0.6 is 0 Å². The lowest BCUT2D eigenvalue weighted by Gasteiger charge is -2.16. The van der Waals surface area contributed by atoms with Gasteiger partial charge in [0.25, 0.3) is 0 Å². The average Bonchev–Trinajstić information content (AvgIpc) is 3.24. The molecule has 1 aliphatic carbocycles. The molecule has 1 N–H and O–H groups in total. The Hall–Kier alpha value is -1.00. The summed E-state index contributed by atoms with van der Waals surface area (Å²) in [6.07, 6.45) is 5.91. The number of aromatic nitrogens is 1. The zero-order valence-corrected chi connectivity index (χ0v) is 11.6. The van der Waals surface area contributed by atoms with Crippen LogP contribution in [0.4, 0.5) is 4.39 Å². The molecule has 1 aromatic heterocycles. The lowest BCUT2D eigenvalue weighted by atomic mass is 10.1. The summed E-state index contributed by atoms with van der Waals surface area (Å²) in [7, 11) is 0. The van der Waals surface area contributed by atoms with Crippen molar-refractivity contribution in [2.75, 3.05) is 19.8 Å². The van der Waals surface area contributed by atoms with E-state index in [1.807, 2.05) is 0 Å². The third-order valence-corrected chi connectivity index (χ3v) is 3.42. The van der Waals surface area contributed by atoms with Crippen LogP contribution in [0.15, 0.2) is 18.3 Å². The summed E-state index contributed by atoms with van der Waals surface area (Å²) in [5, 5.41) is 3.44. The molecule has 3 nitrogen and oxygen atoms in total. The van der Waals surface area contributed by atoms with Crippen LogP contribution in [0, 0.1) is 11.7 Å². The molecule has 19 heavy (non-hydrogen) atoms. The van der Waals surface area contributed by atoms with Gasteiger partial charge in [0.15, 0.2) is 0 Å². The van der Waals surface area contributed by atoms with Gasteiger partial charge in [-0.2, -0.15) is 0 Å². The Labute approximate surface area is 114 Å². The predicted octanol–water partition coefficient (Wildman–Crippen LogP) is 3.08. The first kappa shape index (κ1) is 14.4. The van der Waals surface area contributed by atoms with Crippen LogP contribution in [-0.2, 0) is 4.74 Å². The predicted molar refractivity (Wildman–Crippen MR) is 73.4 cm³/mol. The van der Waals surface area contributed by atoms with Gasteiger partial charge in [0.2, 0.25) is 0 Å². The fraction of sp³-hybridized carbons (Fsp3) is 0.667. The summed E-state index contributed by atoms with van der Waals surface area (Å²) < 4.78 is 18.4. The molecule has 0 bridgehead atoms. The minimum atomic E-state index is -0.285. The Balaban J connectivity index is 1.62. The first-order valence-electron chi connectivity index (χ1n) is 7.22. The van der Waals surface area contributed by atoms with Crippen molar-refractivity contribution in [3.05, 3.63) is 29.8 Å². The molecular formula is C15H23FN2O. The first-order valence-corrected chi connectivity index (χ1v) is 7.22. The number of rotatable bonds is 9. The number of nitrogens with zero attached hydrogens (tertiary/aromatic N) is 1. The Morgan fingerprint density at radius 3 is 2.95 bits per heavy atom. The first-order chi connectivity index (χ1) is 9.29. The van der Waals surface area contributed by atoms with Gasteiger partial charge < -0.3 is 10.1 Å². The highest BCUT2D eigenvalue weighted by molar-refractivity contribution is 5.09. The van der Waals surface area contributed by atoms with E-state index in [-0.39, 0.29) is 11.9 Å². The van der Waals surface area contributed by atoms with Crippen molar-refractivity contribution >= 4 is 0 Å². The van der Waals surface area contributed by atoms with Crippen molar-refractivity contribution in [1.82, 2.24) is 10.3 Å². The number of ether oxygens (including phenoxy) is 1. The van der Waals surface area contributed by atoms with E-state index in [4.69, 9.17) is 4.74 Å². The molecule has 0 spiro atoms. The van der Waals surface area contributed by atoms with Crippen molar-refractivity contribution in [3.8, 4) is 0 Å². The SMILES string of the molecule is CCC(NCCCOCC1CC1)c1ccc(F)cn1. The van der Waals surface area contributed by atoms with Crippen LogP contribution in [-0.4, -0.2) is 24.7 Å². The van der Waals surface area contributed by atoms with E-state index >= 15 is 0 Å². The standard InChI is InChI=1S/C15H23FN2O/c1-2-14(15-7-6-13(16)10-18-15)17-8-3-9-19-11-12-4-5-12/h6-7,10,12,14,17H,2-5,8-9,11H2,1H3. The summed E-state index contributed by atoms with van der Waals surface area (Å²) >= 11 is 0. The van der Waals surface area contributed by atoms with Gasteiger partial charge in [0.05, 0.1) is 11.9 Å². The van der Waals surface area contributed by atoms with E-state index in [1.165, 1.54) is 25.1 Å². The summed E-state index contributed by atoms with van der Waals surface area (Å²) in [6.45, 7) is 4.75. The zero-order chi connectivity index (χ0) is 13.5. The lowest BCUT2D eigenvalue weighted by Crippen LogP contribution is -2.23. The Morgan fingerprint density at radius 2 is 2.32 bits per heavy atom. The van der Waals surface area contributed by atoms with Crippen molar-refractivity contribution in [2.45, 2.75) is 38.6 Å². The highest BCUT2D eigenvalue weighted by Crippen LogP contribution is 2.28. The van der Waals surface area contributed by atoms with E-state index in [1.54, 1.807) is 6.07 Å². The van der Waals surface area contributed by atoms with Crippen LogP contribution < -0.4 is 5.32 Å².